The second-order valence-electron chi connectivity index (χ2n) is 7.06. The molecule has 0 spiro atoms. The molecule has 1 N–H and O–H groups in total. The molecule has 1 amide bonds. The Labute approximate surface area is 169 Å². The van der Waals surface area contributed by atoms with E-state index in [1.165, 1.54) is 0 Å². The summed E-state index contributed by atoms with van der Waals surface area (Å²) in [7, 11) is 1.61. The first-order valence-electron chi connectivity index (χ1n) is 9.78. The Morgan fingerprint density at radius 1 is 1.21 bits per heavy atom. The number of furan rings is 1. The Kier molecular flexibility index (Phi) is 5.78. The number of carbonyl (C=O) groups excluding carboxylic acids is 1. The van der Waals surface area contributed by atoms with E-state index in [-0.39, 0.29) is 5.91 Å². The van der Waals surface area contributed by atoms with Gasteiger partial charge in [0.05, 0.1) is 31.4 Å². The Bertz CT molecular complexity index is 1010. The summed E-state index contributed by atoms with van der Waals surface area (Å²) in [4.78, 5) is 20.0. The van der Waals surface area contributed by atoms with E-state index in [0.717, 1.165) is 49.5 Å². The molecule has 1 aliphatic heterocycles. The van der Waals surface area contributed by atoms with Crippen LogP contribution in [0.2, 0.25) is 0 Å². The minimum absolute atomic E-state index is 0.136. The monoisotopic (exact) mass is 395 g/mol. The Morgan fingerprint density at radius 3 is 2.76 bits per heavy atom. The zero-order valence-electron chi connectivity index (χ0n) is 16.7. The van der Waals surface area contributed by atoms with Gasteiger partial charge in [-0.05, 0) is 43.3 Å². The minimum Gasteiger partial charge on any atom is -0.497 e. The maximum absolute atomic E-state index is 13.0. The number of hydrogen-bond donors (Lipinski definition) is 1. The molecule has 4 rings (SSSR count). The van der Waals surface area contributed by atoms with Crippen LogP contribution in [0.4, 0.5) is 0 Å². The van der Waals surface area contributed by atoms with Gasteiger partial charge in [-0.25, -0.2) is 4.98 Å². The maximum atomic E-state index is 13.0. The summed E-state index contributed by atoms with van der Waals surface area (Å²) in [6.45, 7) is 6.53. The highest BCUT2D eigenvalue weighted by molar-refractivity contribution is 6.07. The van der Waals surface area contributed by atoms with Gasteiger partial charge in [0.2, 0.25) is 0 Å². The highest BCUT2D eigenvalue weighted by Crippen LogP contribution is 2.28. The molecule has 3 aromatic rings. The zero-order chi connectivity index (χ0) is 20.2. The van der Waals surface area contributed by atoms with Gasteiger partial charge in [-0.1, -0.05) is 0 Å². The summed E-state index contributed by atoms with van der Waals surface area (Å²) in [6.07, 6.45) is 0. The summed E-state index contributed by atoms with van der Waals surface area (Å²) >= 11 is 0. The Morgan fingerprint density at radius 2 is 2.03 bits per heavy atom. The van der Waals surface area contributed by atoms with Gasteiger partial charge in [-0.2, -0.15) is 0 Å². The number of benzene rings is 1. The topological polar surface area (TPSA) is 76.8 Å². The predicted molar refractivity (Wildman–Crippen MR) is 110 cm³/mol. The van der Waals surface area contributed by atoms with E-state index in [1.54, 1.807) is 13.2 Å². The van der Waals surface area contributed by atoms with E-state index in [2.05, 4.69) is 15.2 Å². The van der Waals surface area contributed by atoms with Gasteiger partial charge in [0.1, 0.15) is 17.2 Å². The summed E-state index contributed by atoms with van der Waals surface area (Å²) in [5.74, 6) is 1.99. The molecule has 1 aromatic carbocycles. The molecule has 29 heavy (non-hydrogen) atoms. The number of ether oxygens (including phenoxy) is 2. The normalized spacial score (nSPS) is 14.8. The van der Waals surface area contributed by atoms with Crippen molar-refractivity contribution >= 4 is 16.8 Å². The summed E-state index contributed by atoms with van der Waals surface area (Å²) < 4.78 is 16.4. The van der Waals surface area contributed by atoms with Crippen molar-refractivity contribution in [2.45, 2.75) is 6.92 Å². The van der Waals surface area contributed by atoms with Crippen LogP contribution < -0.4 is 10.1 Å². The minimum atomic E-state index is -0.136. The number of rotatable bonds is 6. The number of aryl methyl sites for hydroxylation is 1. The fourth-order valence-corrected chi connectivity index (χ4v) is 3.47. The molecule has 1 fully saturated rings. The molecule has 0 unspecified atom stereocenters. The SMILES string of the molecule is COc1ccc2nc(-c3ccc(C)o3)cc(C(=O)NCCN3CCOCC3)c2c1. The van der Waals surface area contributed by atoms with Crippen molar-refractivity contribution in [2.75, 3.05) is 46.5 Å². The number of nitrogens with one attached hydrogen (secondary N) is 1. The molecule has 152 valence electrons. The van der Waals surface area contributed by atoms with E-state index in [4.69, 9.17) is 13.9 Å². The number of carbonyl (C=O) groups is 1. The number of fused-ring (bicyclic) bond motifs is 1. The molecule has 2 aromatic heterocycles. The van der Waals surface area contributed by atoms with Crippen molar-refractivity contribution in [1.29, 1.82) is 0 Å². The van der Waals surface area contributed by atoms with Crippen molar-refractivity contribution in [3.05, 3.63) is 47.7 Å². The van der Waals surface area contributed by atoms with E-state index in [0.29, 0.717) is 29.3 Å². The van der Waals surface area contributed by atoms with Crippen LogP contribution in [0.5, 0.6) is 5.75 Å². The third-order valence-corrected chi connectivity index (χ3v) is 5.07. The summed E-state index contributed by atoms with van der Waals surface area (Å²) in [5, 5.41) is 3.79. The van der Waals surface area contributed by atoms with Crippen molar-refractivity contribution in [3.63, 3.8) is 0 Å². The van der Waals surface area contributed by atoms with Gasteiger partial charge in [0, 0.05) is 31.6 Å². The highest BCUT2D eigenvalue weighted by Gasteiger charge is 2.17. The average molecular weight is 395 g/mol. The van der Waals surface area contributed by atoms with E-state index >= 15 is 0 Å². The lowest BCUT2D eigenvalue weighted by molar-refractivity contribution is 0.0383. The lowest BCUT2D eigenvalue weighted by Gasteiger charge is -2.26. The van der Waals surface area contributed by atoms with Crippen LogP contribution in [0.15, 0.2) is 40.8 Å². The molecule has 7 heteroatoms. The first-order chi connectivity index (χ1) is 14.1. The van der Waals surface area contributed by atoms with Crippen LogP contribution in [0.3, 0.4) is 0 Å². The molecule has 0 atom stereocenters. The number of nitrogens with zero attached hydrogens (tertiary/aromatic N) is 2. The van der Waals surface area contributed by atoms with Crippen molar-refractivity contribution in [1.82, 2.24) is 15.2 Å². The molecule has 0 radical (unpaired) electrons. The summed E-state index contributed by atoms with van der Waals surface area (Å²) in [6, 6.07) is 11.1. The number of aromatic nitrogens is 1. The number of hydrogen-bond acceptors (Lipinski definition) is 6. The molecule has 0 aliphatic carbocycles. The van der Waals surface area contributed by atoms with Crippen LogP contribution in [0.25, 0.3) is 22.4 Å². The van der Waals surface area contributed by atoms with Crippen LogP contribution in [0.1, 0.15) is 16.1 Å². The fraction of sp³-hybridized carbons (Fsp3) is 0.364. The van der Waals surface area contributed by atoms with Crippen LogP contribution in [0, 0.1) is 6.92 Å². The van der Waals surface area contributed by atoms with Crippen molar-refractivity contribution in [2.24, 2.45) is 0 Å². The van der Waals surface area contributed by atoms with Gasteiger partial charge in [0.15, 0.2) is 5.76 Å². The second kappa shape index (κ2) is 8.63. The summed E-state index contributed by atoms with van der Waals surface area (Å²) in [5.41, 5.74) is 1.91. The largest absolute Gasteiger partial charge is 0.497 e. The number of amides is 1. The Hall–Kier alpha value is -2.90. The van der Waals surface area contributed by atoms with E-state index < -0.39 is 0 Å². The van der Waals surface area contributed by atoms with Crippen LogP contribution >= 0.6 is 0 Å². The number of pyridine rings is 1. The van der Waals surface area contributed by atoms with Gasteiger partial charge >= 0.3 is 0 Å². The fourth-order valence-electron chi connectivity index (χ4n) is 3.47. The number of morpholine rings is 1. The van der Waals surface area contributed by atoms with Crippen LogP contribution in [-0.4, -0.2) is 62.3 Å². The molecular weight excluding hydrogens is 370 g/mol. The van der Waals surface area contributed by atoms with Gasteiger partial charge in [0.25, 0.3) is 5.91 Å². The van der Waals surface area contributed by atoms with Gasteiger partial charge in [-0.3, -0.25) is 9.69 Å². The molecule has 1 aliphatic rings. The maximum Gasteiger partial charge on any atom is 0.252 e. The first-order valence-corrected chi connectivity index (χ1v) is 9.78. The van der Waals surface area contributed by atoms with Crippen LogP contribution in [-0.2, 0) is 4.74 Å². The van der Waals surface area contributed by atoms with Crippen molar-refractivity contribution in [3.8, 4) is 17.2 Å². The smallest absolute Gasteiger partial charge is 0.252 e. The molecule has 7 nitrogen and oxygen atoms in total. The third kappa shape index (κ3) is 4.41. The molecular formula is C22H25N3O4. The van der Waals surface area contributed by atoms with Gasteiger partial charge in [-0.15, -0.1) is 0 Å². The standard InChI is InChI=1S/C22H25N3O4/c1-15-3-6-21(29-15)20-14-18(17-13-16(27-2)4-5-19(17)24-20)22(26)23-7-8-25-9-11-28-12-10-25/h3-6,13-14H,7-12H2,1-2H3,(H,23,26). The zero-order valence-corrected chi connectivity index (χ0v) is 16.7. The lowest BCUT2D eigenvalue weighted by atomic mass is 10.1. The average Bonchev–Trinajstić information content (AvgIpc) is 3.19. The molecule has 1 saturated heterocycles. The Balaban J connectivity index is 1.61. The highest BCUT2D eigenvalue weighted by atomic mass is 16.5. The lowest BCUT2D eigenvalue weighted by Crippen LogP contribution is -2.41. The molecule has 0 saturated carbocycles. The second-order valence-corrected chi connectivity index (χ2v) is 7.06. The predicted octanol–water partition coefficient (Wildman–Crippen LogP) is 2.87. The third-order valence-electron chi connectivity index (χ3n) is 5.07. The number of methoxy groups -OCH3 is 1. The van der Waals surface area contributed by atoms with Gasteiger partial charge < -0.3 is 19.2 Å². The first kappa shape index (κ1) is 19.4. The quantitative estimate of drug-likeness (QED) is 0.692. The van der Waals surface area contributed by atoms with E-state index in [1.807, 2.05) is 37.3 Å². The van der Waals surface area contributed by atoms with E-state index in [9.17, 15) is 4.79 Å². The molecule has 3 heterocycles. The molecule has 0 bridgehead atoms. The van der Waals surface area contributed by atoms with Crippen molar-refractivity contribution < 1.29 is 18.7 Å².